The third kappa shape index (κ3) is 3.26. The summed E-state index contributed by atoms with van der Waals surface area (Å²) in [6.45, 7) is 0.147. The lowest BCUT2D eigenvalue weighted by Crippen LogP contribution is -2.03. The Morgan fingerprint density at radius 1 is 1.20 bits per heavy atom. The number of rotatable bonds is 5. The predicted octanol–water partition coefficient (Wildman–Crippen LogP) is 3.11. The second kappa shape index (κ2) is 6.06. The van der Waals surface area contributed by atoms with Gasteiger partial charge in [-0.3, -0.25) is 0 Å². The summed E-state index contributed by atoms with van der Waals surface area (Å²) in [5, 5.41) is 8.85. The van der Waals surface area contributed by atoms with Gasteiger partial charge in [-0.2, -0.15) is 0 Å². The first-order valence-corrected chi connectivity index (χ1v) is 5.88. The molecule has 2 aromatic carbocycles. The van der Waals surface area contributed by atoms with Crippen LogP contribution in [0.15, 0.2) is 42.5 Å². The van der Waals surface area contributed by atoms with Crippen LogP contribution < -0.4 is 9.47 Å². The van der Waals surface area contributed by atoms with Gasteiger partial charge in [-0.05, 0) is 29.8 Å². The molecule has 0 heterocycles. The number of halogens is 1. The lowest BCUT2D eigenvalue weighted by atomic mass is 10.1. The maximum atomic E-state index is 13.2. The van der Waals surface area contributed by atoms with Crippen molar-refractivity contribution in [3.63, 3.8) is 0 Å². The lowest BCUT2D eigenvalue weighted by molar-refractivity contribution is 0.0691. The van der Waals surface area contributed by atoms with Crippen LogP contribution in [0.25, 0.3) is 0 Å². The molecule has 0 aliphatic rings. The Morgan fingerprint density at radius 3 is 2.65 bits per heavy atom. The van der Waals surface area contributed by atoms with Crippen molar-refractivity contribution < 1.29 is 23.8 Å². The number of ether oxygens (including phenoxy) is 2. The van der Waals surface area contributed by atoms with Gasteiger partial charge in [-0.25, -0.2) is 9.18 Å². The molecular formula is C15H13FO4. The summed E-state index contributed by atoms with van der Waals surface area (Å²) in [4.78, 5) is 10.8. The average Bonchev–Trinajstić information content (AvgIpc) is 2.46. The summed E-state index contributed by atoms with van der Waals surface area (Å²) >= 11 is 0. The number of hydrogen-bond donors (Lipinski definition) is 1. The Morgan fingerprint density at radius 2 is 1.95 bits per heavy atom. The molecule has 0 radical (unpaired) electrons. The Balaban J connectivity index is 2.10. The van der Waals surface area contributed by atoms with Crippen molar-refractivity contribution in [2.45, 2.75) is 6.61 Å². The minimum atomic E-state index is -1.30. The van der Waals surface area contributed by atoms with Crippen LogP contribution >= 0.6 is 0 Å². The first kappa shape index (κ1) is 13.9. The van der Waals surface area contributed by atoms with Crippen molar-refractivity contribution in [1.82, 2.24) is 0 Å². The molecule has 2 rings (SSSR count). The topological polar surface area (TPSA) is 55.8 Å². The molecule has 0 atom stereocenters. The maximum absolute atomic E-state index is 13.2. The van der Waals surface area contributed by atoms with E-state index in [1.807, 2.05) is 0 Å². The first-order valence-electron chi connectivity index (χ1n) is 5.88. The molecule has 0 aliphatic carbocycles. The van der Waals surface area contributed by atoms with Gasteiger partial charge in [0, 0.05) is 6.07 Å². The zero-order valence-electron chi connectivity index (χ0n) is 10.8. The van der Waals surface area contributed by atoms with Gasteiger partial charge >= 0.3 is 5.97 Å². The second-order valence-electron chi connectivity index (χ2n) is 4.09. The van der Waals surface area contributed by atoms with Crippen LogP contribution in [-0.4, -0.2) is 18.2 Å². The average molecular weight is 276 g/mol. The molecule has 2 aromatic rings. The van der Waals surface area contributed by atoms with E-state index in [0.717, 1.165) is 6.07 Å². The molecule has 0 fully saturated rings. The molecule has 0 amide bonds. The van der Waals surface area contributed by atoms with Crippen molar-refractivity contribution in [2.75, 3.05) is 7.11 Å². The minimum Gasteiger partial charge on any atom is -0.497 e. The molecule has 0 aliphatic heterocycles. The number of benzene rings is 2. The molecule has 1 N–H and O–H groups in total. The van der Waals surface area contributed by atoms with Gasteiger partial charge < -0.3 is 14.6 Å². The molecule has 4 nitrogen and oxygen atoms in total. The largest absolute Gasteiger partial charge is 0.497 e. The van der Waals surface area contributed by atoms with Crippen molar-refractivity contribution >= 4 is 5.97 Å². The molecule has 0 aromatic heterocycles. The van der Waals surface area contributed by atoms with Gasteiger partial charge in [0.15, 0.2) is 0 Å². The highest BCUT2D eigenvalue weighted by Gasteiger charge is 2.11. The van der Waals surface area contributed by atoms with E-state index in [4.69, 9.17) is 14.6 Å². The summed E-state index contributed by atoms with van der Waals surface area (Å²) in [5.74, 6) is -0.813. The third-order valence-electron chi connectivity index (χ3n) is 2.71. The Labute approximate surface area is 115 Å². The SMILES string of the molecule is COc1cccc(OCc2ccc(F)c(C(=O)O)c2)c1. The van der Waals surface area contributed by atoms with Crippen molar-refractivity contribution in [1.29, 1.82) is 0 Å². The molecule has 0 unspecified atom stereocenters. The highest BCUT2D eigenvalue weighted by Crippen LogP contribution is 2.20. The van der Waals surface area contributed by atoms with Gasteiger partial charge in [0.25, 0.3) is 0 Å². The predicted molar refractivity (Wildman–Crippen MR) is 70.7 cm³/mol. The molecule has 0 saturated heterocycles. The van der Waals surface area contributed by atoms with E-state index in [0.29, 0.717) is 17.1 Å². The minimum absolute atomic E-state index is 0.147. The van der Waals surface area contributed by atoms with Crippen molar-refractivity contribution in [3.05, 3.63) is 59.4 Å². The summed E-state index contributed by atoms with van der Waals surface area (Å²) in [6.07, 6.45) is 0. The van der Waals surface area contributed by atoms with Crippen LogP contribution in [0.2, 0.25) is 0 Å². The van der Waals surface area contributed by atoms with Crippen LogP contribution in [0, 0.1) is 5.82 Å². The zero-order chi connectivity index (χ0) is 14.5. The van der Waals surface area contributed by atoms with Crippen LogP contribution in [0.1, 0.15) is 15.9 Å². The lowest BCUT2D eigenvalue weighted by Gasteiger charge is -2.08. The summed E-state index contributed by atoms with van der Waals surface area (Å²) in [7, 11) is 1.55. The summed E-state index contributed by atoms with van der Waals surface area (Å²) < 4.78 is 23.8. The number of carboxylic acid groups (broad SMARTS) is 1. The smallest absolute Gasteiger partial charge is 0.338 e. The molecular weight excluding hydrogens is 263 g/mol. The van der Waals surface area contributed by atoms with Gasteiger partial charge in [0.1, 0.15) is 23.9 Å². The molecule has 5 heteroatoms. The standard InChI is InChI=1S/C15H13FO4/c1-19-11-3-2-4-12(8-11)20-9-10-5-6-14(16)13(7-10)15(17)18/h2-8H,9H2,1H3,(H,17,18). The number of hydrogen-bond acceptors (Lipinski definition) is 3. The van der Waals surface area contributed by atoms with E-state index < -0.39 is 11.8 Å². The fourth-order valence-corrected chi connectivity index (χ4v) is 1.68. The van der Waals surface area contributed by atoms with Crippen LogP contribution in [0.5, 0.6) is 11.5 Å². The van der Waals surface area contributed by atoms with Gasteiger partial charge in [0.05, 0.1) is 12.7 Å². The number of aromatic carboxylic acids is 1. The van der Waals surface area contributed by atoms with Gasteiger partial charge in [-0.1, -0.05) is 12.1 Å². The monoisotopic (exact) mass is 276 g/mol. The normalized spacial score (nSPS) is 10.1. The van der Waals surface area contributed by atoms with E-state index in [1.165, 1.54) is 12.1 Å². The quantitative estimate of drug-likeness (QED) is 0.911. The summed E-state index contributed by atoms with van der Waals surface area (Å²) in [5.41, 5.74) is 0.211. The zero-order valence-corrected chi connectivity index (χ0v) is 10.8. The molecule has 0 bridgehead atoms. The molecule has 0 saturated carbocycles. The van der Waals surface area contributed by atoms with E-state index in [1.54, 1.807) is 31.4 Å². The van der Waals surface area contributed by atoms with Crippen LogP contribution in [0.4, 0.5) is 4.39 Å². The van der Waals surface area contributed by atoms with Gasteiger partial charge in [0.2, 0.25) is 0 Å². The third-order valence-corrected chi connectivity index (χ3v) is 2.71. The highest BCUT2D eigenvalue weighted by molar-refractivity contribution is 5.88. The van der Waals surface area contributed by atoms with E-state index in [2.05, 4.69) is 0 Å². The molecule has 104 valence electrons. The molecule has 20 heavy (non-hydrogen) atoms. The highest BCUT2D eigenvalue weighted by atomic mass is 19.1. The Kier molecular flexibility index (Phi) is 4.20. The van der Waals surface area contributed by atoms with Crippen molar-refractivity contribution in [2.24, 2.45) is 0 Å². The van der Waals surface area contributed by atoms with Crippen molar-refractivity contribution in [3.8, 4) is 11.5 Å². The van der Waals surface area contributed by atoms with E-state index in [-0.39, 0.29) is 12.2 Å². The molecule has 0 spiro atoms. The Bertz CT molecular complexity index is 625. The first-order chi connectivity index (χ1) is 9.60. The fraction of sp³-hybridized carbons (Fsp3) is 0.133. The number of carboxylic acids is 1. The Hall–Kier alpha value is -2.56. The number of methoxy groups -OCH3 is 1. The van der Waals surface area contributed by atoms with Crippen LogP contribution in [-0.2, 0) is 6.61 Å². The van der Waals surface area contributed by atoms with Crippen LogP contribution in [0.3, 0.4) is 0 Å². The maximum Gasteiger partial charge on any atom is 0.338 e. The fourth-order valence-electron chi connectivity index (χ4n) is 1.68. The summed E-state index contributed by atoms with van der Waals surface area (Å²) in [6, 6.07) is 10.9. The van der Waals surface area contributed by atoms with E-state index in [9.17, 15) is 9.18 Å². The second-order valence-corrected chi connectivity index (χ2v) is 4.09. The number of carbonyl (C=O) groups is 1. The van der Waals surface area contributed by atoms with Gasteiger partial charge in [-0.15, -0.1) is 0 Å². The van der Waals surface area contributed by atoms with E-state index >= 15 is 0 Å².